The van der Waals surface area contributed by atoms with Crippen LogP contribution in [0.2, 0.25) is 0 Å². The van der Waals surface area contributed by atoms with E-state index in [9.17, 15) is 0 Å². The van der Waals surface area contributed by atoms with E-state index in [0.29, 0.717) is 13.2 Å². The molecule has 3 heteroatoms. The highest BCUT2D eigenvalue weighted by Gasteiger charge is 2.13. The molecule has 0 saturated carbocycles. The first-order valence-electron chi connectivity index (χ1n) is 6.67. The second-order valence-electron chi connectivity index (χ2n) is 4.34. The predicted molar refractivity (Wildman–Crippen MR) is 72.5 cm³/mol. The molecule has 0 aliphatic rings. The van der Waals surface area contributed by atoms with Crippen molar-refractivity contribution in [3.63, 3.8) is 0 Å². The van der Waals surface area contributed by atoms with E-state index in [0.717, 1.165) is 12.8 Å². The maximum Gasteiger partial charge on any atom is 0.0825 e. The van der Waals surface area contributed by atoms with Crippen molar-refractivity contribution in [2.45, 2.75) is 38.9 Å². The molecule has 0 aromatic heterocycles. The summed E-state index contributed by atoms with van der Waals surface area (Å²) in [7, 11) is 0. The molecule has 1 aromatic carbocycles. The number of benzene rings is 1. The Morgan fingerprint density at radius 2 is 1.83 bits per heavy atom. The van der Waals surface area contributed by atoms with Crippen LogP contribution in [-0.2, 0) is 9.47 Å². The minimum Gasteiger partial charge on any atom is -0.394 e. The Balaban J connectivity index is 2.43. The second-order valence-corrected chi connectivity index (χ2v) is 4.34. The van der Waals surface area contributed by atoms with Gasteiger partial charge >= 0.3 is 0 Å². The lowest BCUT2D eigenvalue weighted by atomic mass is 10.0. The van der Waals surface area contributed by atoms with Crippen LogP contribution < -0.4 is 0 Å². The highest BCUT2D eigenvalue weighted by atomic mass is 16.5. The molecule has 18 heavy (non-hydrogen) atoms. The van der Waals surface area contributed by atoms with Crippen molar-refractivity contribution in [1.82, 2.24) is 0 Å². The third-order valence-electron chi connectivity index (χ3n) is 2.87. The van der Waals surface area contributed by atoms with Gasteiger partial charge in [-0.2, -0.15) is 0 Å². The van der Waals surface area contributed by atoms with E-state index in [-0.39, 0.29) is 18.8 Å². The Labute approximate surface area is 110 Å². The molecule has 0 spiro atoms. The molecule has 1 N–H and O–H groups in total. The number of ether oxygens (including phenoxy) is 2. The monoisotopic (exact) mass is 252 g/mol. The number of aliphatic hydroxyl groups excluding tert-OH is 1. The largest absolute Gasteiger partial charge is 0.394 e. The zero-order valence-electron chi connectivity index (χ0n) is 11.3. The Morgan fingerprint density at radius 1 is 1.11 bits per heavy atom. The lowest BCUT2D eigenvalue weighted by Gasteiger charge is -2.20. The molecule has 0 unspecified atom stereocenters. The van der Waals surface area contributed by atoms with Gasteiger partial charge in [0.15, 0.2) is 0 Å². The van der Waals surface area contributed by atoms with Crippen LogP contribution in [0.5, 0.6) is 0 Å². The highest BCUT2D eigenvalue weighted by Crippen LogP contribution is 2.23. The molecule has 1 aromatic rings. The van der Waals surface area contributed by atoms with Crippen molar-refractivity contribution in [3.05, 3.63) is 35.9 Å². The fourth-order valence-electron chi connectivity index (χ4n) is 1.94. The van der Waals surface area contributed by atoms with E-state index in [2.05, 4.69) is 12.1 Å². The van der Waals surface area contributed by atoms with Crippen molar-refractivity contribution in [2.75, 3.05) is 19.8 Å². The molecule has 2 atom stereocenters. The molecule has 102 valence electrons. The number of rotatable bonds is 9. The van der Waals surface area contributed by atoms with Crippen LogP contribution >= 0.6 is 0 Å². The average molecular weight is 252 g/mol. The topological polar surface area (TPSA) is 38.7 Å². The van der Waals surface area contributed by atoms with E-state index in [1.54, 1.807) is 0 Å². The Morgan fingerprint density at radius 3 is 2.44 bits per heavy atom. The SMILES string of the molecule is CCO[C@@H](CC[C@@H](C)OCCO)c1ccccc1. The van der Waals surface area contributed by atoms with Crippen molar-refractivity contribution in [3.8, 4) is 0 Å². The van der Waals surface area contributed by atoms with Gasteiger partial charge in [-0.05, 0) is 32.3 Å². The van der Waals surface area contributed by atoms with Crippen LogP contribution in [0, 0.1) is 0 Å². The Kier molecular flexibility index (Phi) is 7.65. The molecule has 0 heterocycles. The van der Waals surface area contributed by atoms with Gasteiger partial charge in [-0.3, -0.25) is 0 Å². The summed E-state index contributed by atoms with van der Waals surface area (Å²) in [6, 6.07) is 10.3. The third-order valence-corrected chi connectivity index (χ3v) is 2.87. The summed E-state index contributed by atoms with van der Waals surface area (Å²) < 4.78 is 11.2. The summed E-state index contributed by atoms with van der Waals surface area (Å²) in [5.41, 5.74) is 1.22. The van der Waals surface area contributed by atoms with Crippen LogP contribution in [0.15, 0.2) is 30.3 Å². The lowest BCUT2D eigenvalue weighted by Crippen LogP contribution is -2.14. The molecule has 0 radical (unpaired) electrons. The van der Waals surface area contributed by atoms with Crippen molar-refractivity contribution < 1.29 is 14.6 Å². The number of aliphatic hydroxyl groups is 1. The first-order chi connectivity index (χ1) is 8.77. The van der Waals surface area contributed by atoms with Crippen LogP contribution in [-0.4, -0.2) is 31.0 Å². The zero-order valence-corrected chi connectivity index (χ0v) is 11.3. The number of hydrogen-bond donors (Lipinski definition) is 1. The molecule has 0 bridgehead atoms. The smallest absolute Gasteiger partial charge is 0.0825 e. The molecule has 0 fully saturated rings. The van der Waals surface area contributed by atoms with Gasteiger partial charge in [-0.15, -0.1) is 0 Å². The highest BCUT2D eigenvalue weighted by molar-refractivity contribution is 5.17. The summed E-state index contributed by atoms with van der Waals surface area (Å²) >= 11 is 0. The summed E-state index contributed by atoms with van der Waals surface area (Å²) in [6.45, 7) is 5.25. The fraction of sp³-hybridized carbons (Fsp3) is 0.600. The van der Waals surface area contributed by atoms with Crippen molar-refractivity contribution >= 4 is 0 Å². The molecule has 1 rings (SSSR count). The second kappa shape index (κ2) is 9.09. The number of hydrogen-bond acceptors (Lipinski definition) is 3. The van der Waals surface area contributed by atoms with Crippen LogP contribution in [0.1, 0.15) is 38.4 Å². The van der Waals surface area contributed by atoms with E-state index in [1.165, 1.54) is 5.56 Å². The van der Waals surface area contributed by atoms with Gasteiger partial charge in [0.2, 0.25) is 0 Å². The minimum absolute atomic E-state index is 0.0813. The summed E-state index contributed by atoms with van der Waals surface area (Å²) in [5, 5.41) is 8.71. The fourth-order valence-corrected chi connectivity index (χ4v) is 1.94. The standard InChI is InChI=1S/C15H24O3/c1-3-17-15(14-7-5-4-6-8-14)10-9-13(2)18-12-11-16/h4-8,13,15-16H,3,9-12H2,1-2H3/t13-,15+/m1/s1. The van der Waals surface area contributed by atoms with E-state index in [4.69, 9.17) is 14.6 Å². The summed E-state index contributed by atoms with van der Waals surface area (Å²) in [4.78, 5) is 0. The molecular formula is C15H24O3. The quantitative estimate of drug-likeness (QED) is 0.734. The minimum atomic E-state index is 0.0813. The average Bonchev–Trinajstić information content (AvgIpc) is 2.42. The lowest BCUT2D eigenvalue weighted by molar-refractivity contribution is 0.0105. The van der Waals surface area contributed by atoms with E-state index < -0.39 is 0 Å². The van der Waals surface area contributed by atoms with Crippen LogP contribution in [0.3, 0.4) is 0 Å². The molecule has 0 saturated heterocycles. The molecule has 0 aliphatic carbocycles. The maximum absolute atomic E-state index is 8.71. The first-order valence-corrected chi connectivity index (χ1v) is 6.67. The van der Waals surface area contributed by atoms with Crippen LogP contribution in [0.25, 0.3) is 0 Å². The molecular weight excluding hydrogens is 228 g/mol. The van der Waals surface area contributed by atoms with Gasteiger partial charge in [-0.1, -0.05) is 30.3 Å². The third kappa shape index (κ3) is 5.63. The summed E-state index contributed by atoms with van der Waals surface area (Å²) in [5.74, 6) is 0. The van der Waals surface area contributed by atoms with Gasteiger partial charge < -0.3 is 14.6 Å². The van der Waals surface area contributed by atoms with E-state index >= 15 is 0 Å². The Bertz CT molecular complexity index is 300. The van der Waals surface area contributed by atoms with Crippen LogP contribution in [0.4, 0.5) is 0 Å². The molecule has 0 aliphatic heterocycles. The van der Waals surface area contributed by atoms with Gasteiger partial charge in [-0.25, -0.2) is 0 Å². The van der Waals surface area contributed by atoms with Gasteiger partial charge in [0.1, 0.15) is 0 Å². The zero-order chi connectivity index (χ0) is 13.2. The predicted octanol–water partition coefficient (Wildman–Crippen LogP) is 2.94. The normalized spacial score (nSPS) is 14.4. The van der Waals surface area contributed by atoms with Crippen molar-refractivity contribution in [1.29, 1.82) is 0 Å². The van der Waals surface area contributed by atoms with Gasteiger partial charge in [0.05, 0.1) is 25.4 Å². The van der Waals surface area contributed by atoms with Gasteiger partial charge in [0, 0.05) is 6.61 Å². The van der Waals surface area contributed by atoms with Gasteiger partial charge in [0.25, 0.3) is 0 Å². The Hall–Kier alpha value is -0.900. The summed E-state index contributed by atoms with van der Waals surface area (Å²) in [6.07, 6.45) is 2.16. The molecule has 3 nitrogen and oxygen atoms in total. The first kappa shape index (κ1) is 15.2. The molecule has 0 amide bonds. The van der Waals surface area contributed by atoms with Crippen molar-refractivity contribution in [2.24, 2.45) is 0 Å². The maximum atomic E-state index is 8.71. The van der Waals surface area contributed by atoms with E-state index in [1.807, 2.05) is 32.0 Å².